The molecule has 0 atom stereocenters. The van der Waals surface area contributed by atoms with Crippen molar-refractivity contribution in [2.75, 3.05) is 22.4 Å². The van der Waals surface area contributed by atoms with Crippen molar-refractivity contribution < 1.29 is 13.2 Å². The highest BCUT2D eigenvalue weighted by atomic mass is 35.5. The Morgan fingerprint density at radius 2 is 1.80 bits per heavy atom. The first-order valence-electron chi connectivity index (χ1n) is 7.38. The molecule has 0 aliphatic carbocycles. The molecule has 0 aliphatic rings. The summed E-state index contributed by atoms with van der Waals surface area (Å²) >= 11 is 11.9. The molecule has 0 aliphatic heterocycles. The quantitative estimate of drug-likeness (QED) is 0.823. The summed E-state index contributed by atoms with van der Waals surface area (Å²) < 4.78 is 25.2. The van der Waals surface area contributed by atoms with Crippen LogP contribution in [0.4, 0.5) is 11.4 Å². The molecule has 5 nitrogen and oxygen atoms in total. The number of hydrogen-bond acceptors (Lipinski definition) is 3. The molecule has 2 rings (SSSR count). The minimum Gasteiger partial charge on any atom is -0.324 e. The number of halogens is 2. The molecule has 0 saturated heterocycles. The number of benzene rings is 2. The maximum absolute atomic E-state index is 12.4. The Bertz CT molecular complexity index is 914. The van der Waals surface area contributed by atoms with Crippen molar-refractivity contribution in [3.8, 4) is 0 Å². The SMILES string of the molecule is Cc1ccc(NC(=O)CN(c2ccc(Cl)cc2Cl)S(C)(=O)=O)c(C)c1. The molecule has 2 aromatic carbocycles. The van der Waals surface area contributed by atoms with Gasteiger partial charge in [-0.15, -0.1) is 0 Å². The normalized spacial score (nSPS) is 11.2. The second-order valence-electron chi connectivity index (χ2n) is 5.73. The maximum Gasteiger partial charge on any atom is 0.245 e. The van der Waals surface area contributed by atoms with Gasteiger partial charge in [-0.1, -0.05) is 40.9 Å². The number of anilines is 2. The fourth-order valence-corrected chi connectivity index (χ4v) is 3.77. The van der Waals surface area contributed by atoms with Gasteiger partial charge in [0.15, 0.2) is 0 Å². The Morgan fingerprint density at radius 1 is 1.12 bits per heavy atom. The van der Waals surface area contributed by atoms with Crippen LogP contribution in [0.15, 0.2) is 36.4 Å². The van der Waals surface area contributed by atoms with E-state index in [0.717, 1.165) is 21.7 Å². The fraction of sp³-hybridized carbons (Fsp3) is 0.235. The van der Waals surface area contributed by atoms with Crippen molar-refractivity contribution in [3.63, 3.8) is 0 Å². The third-order valence-corrected chi connectivity index (χ3v) is 5.19. The van der Waals surface area contributed by atoms with E-state index in [0.29, 0.717) is 10.7 Å². The van der Waals surface area contributed by atoms with Crippen LogP contribution in [-0.4, -0.2) is 27.1 Å². The third-order valence-electron chi connectivity index (χ3n) is 3.52. The van der Waals surface area contributed by atoms with Crippen molar-refractivity contribution in [3.05, 3.63) is 57.6 Å². The molecule has 0 saturated carbocycles. The van der Waals surface area contributed by atoms with Crippen LogP contribution in [0.25, 0.3) is 0 Å². The second kappa shape index (κ2) is 7.64. The molecule has 0 fully saturated rings. The molecule has 0 heterocycles. The van der Waals surface area contributed by atoms with Crippen molar-refractivity contribution >= 4 is 50.5 Å². The van der Waals surface area contributed by atoms with Crippen molar-refractivity contribution in [1.29, 1.82) is 0 Å². The predicted octanol–water partition coefficient (Wildman–Crippen LogP) is 4.01. The van der Waals surface area contributed by atoms with Crippen LogP contribution in [0.5, 0.6) is 0 Å². The summed E-state index contributed by atoms with van der Waals surface area (Å²) in [6.45, 7) is 3.42. The molecule has 1 amide bonds. The van der Waals surface area contributed by atoms with Crippen LogP contribution >= 0.6 is 23.2 Å². The molecule has 0 spiro atoms. The fourth-order valence-electron chi connectivity index (χ4n) is 2.34. The average Bonchev–Trinajstić information content (AvgIpc) is 2.47. The van der Waals surface area contributed by atoms with Gasteiger partial charge in [0.05, 0.1) is 17.0 Å². The van der Waals surface area contributed by atoms with Crippen LogP contribution in [0, 0.1) is 13.8 Å². The van der Waals surface area contributed by atoms with Gasteiger partial charge in [-0.3, -0.25) is 9.10 Å². The predicted molar refractivity (Wildman–Crippen MR) is 103 cm³/mol. The molecule has 0 bridgehead atoms. The number of nitrogens with one attached hydrogen (secondary N) is 1. The number of carbonyl (C=O) groups excluding carboxylic acids is 1. The summed E-state index contributed by atoms with van der Waals surface area (Å²) in [4.78, 5) is 12.4. The summed E-state index contributed by atoms with van der Waals surface area (Å²) in [5.74, 6) is -0.469. The Morgan fingerprint density at radius 3 is 2.36 bits per heavy atom. The molecular weight excluding hydrogens is 383 g/mol. The number of nitrogens with zero attached hydrogens (tertiary/aromatic N) is 1. The Labute approximate surface area is 157 Å². The van der Waals surface area contributed by atoms with E-state index in [1.54, 1.807) is 6.07 Å². The highest BCUT2D eigenvalue weighted by Gasteiger charge is 2.23. The lowest BCUT2D eigenvalue weighted by atomic mass is 10.1. The first-order chi connectivity index (χ1) is 11.6. The third kappa shape index (κ3) is 5.11. The van der Waals surface area contributed by atoms with E-state index in [4.69, 9.17) is 23.2 Å². The highest BCUT2D eigenvalue weighted by Crippen LogP contribution is 2.30. The Hall–Kier alpha value is -1.76. The number of aryl methyl sites for hydroxylation is 2. The molecule has 2 aromatic rings. The van der Waals surface area contributed by atoms with Gasteiger partial charge in [0.1, 0.15) is 6.54 Å². The van der Waals surface area contributed by atoms with E-state index in [2.05, 4.69) is 5.32 Å². The van der Waals surface area contributed by atoms with Gasteiger partial charge in [-0.05, 0) is 43.7 Å². The molecule has 0 aromatic heterocycles. The van der Waals surface area contributed by atoms with E-state index < -0.39 is 22.5 Å². The largest absolute Gasteiger partial charge is 0.324 e. The molecular formula is C17H18Cl2N2O3S. The zero-order chi connectivity index (χ0) is 18.8. The van der Waals surface area contributed by atoms with Gasteiger partial charge in [0, 0.05) is 10.7 Å². The van der Waals surface area contributed by atoms with E-state index in [1.165, 1.54) is 18.2 Å². The van der Waals surface area contributed by atoms with Gasteiger partial charge < -0.3 is 5.32 Å². The lowest BCUT2D eigenvalue weighted by Crippen LogP contribution is -2.37. The van der Waals surface area contributed by atoms with E-state index >= 15 is 0 Å². The van der Waals surface area contributed by atoms with E-state index in [-0.39, 0.29) is 10.7 Å². The molecule has 25 heavy (non-hydrogen) atoms. The number of amides is 1. The minimum atomic E-state index is -3.71. The standard InChI is InChI=1S/C17H18Cl2N2O3S/c1-11-4-6-15(12(2)8-11)20-17(22)10-21(25(3,23)24)16-7-5-13(18)9-14(16)19/h4-9H,10H2,1-3H3,(H,20,22). The van der Waals surface area contributed by atoms with Gasteiger partial charge in [0.2, 0.25) is 15.9 Å². The van der Waals surface area contributed by atoms with Crippen LogP contribution in [-0.2, 0) is 14.8 Å². The summed E-state index contributed by atoms with van der Waals surface area (Å²) in [6.07, 6.45) is 1.02. The number of carbonyl (C=O) groups is 1. The lowest BCUT2D eigenvalue weighted by molar-refractivity contribution is -0.114. The summed E-state index contributed by atoms with van der Waals surface area (Å²) in [6, 6.07) is 9.99. The Kier molecular flexibility index (Phi) is 5.98. The summed E-state index contributed by atoms with van der Waals surface area (Å²) in [7, 11) is -3.71. The maximum atomic E-state index is 12.4. The zero-order valence-corrected chi connectivity index (χ0v) is 16.3. The van der Waals surface area contributed by atoms with Crippen LogP contribution in [0.1, 0.15) is 11.1 Å². The highest BCUT2D eigenvalue weighted by molar-refractivity contribution is 7.92. The number of hydrogen-bond donors (Lipinski definition) is 1. The van der Waals surface area contributed by atoms with Gasteiger partial charge in [0.25, 0.3) is 0 Å². The molecule has 1 N–H and O–H groups in total. The minimum absolute atomic E-state index is 0.150. The zero-order valence-electron chi connectivity index (χ0n) is 14.0. The first kappa shape index (κ1) is 19.6. The lowest BCUT2D eigenvalue weighted by Gasteiger charge is -2.23. The summed E-state index contributed by atoms with van der Waals surface area (Å²) in [5.41, 5.74) is 2.79. The molecule has 134 valence electrons. The molecule has 0 unspecified atom stereocenters. The number of sulfonamides is 1. The van der Waals surface area contributed by atoms with Gasteiger partial charge in [-0.25, -0.2) is 8.42 Å². The second-order valence-corrected chi connectivity index (χ2v) is 8.48. The van der Waals surface area contributed by atoms with Gasteiger partial charge in [-0.2, -0.15) is 0 Å². The van der Waals surface area contributed by atoms with Crippen LogP contribution in [0.2, 0.25) is 10.0 Å². The van der Waals surface area contributed by atoms with Crippen molar-refractivity contribution in [2.24, 2.45) is 0 Å². The first-order valence-corrected chi connectivity index (χ1v) is 9.98. The average molecular weight is 401 g/mol. The van der Waals surface area contributed by atoms with Crippen LogP contribution < -0.4 is 9.62 Å². The van der Waals surface area contributed by atoms with Crippen molar-refractivity contribution in [2.45, 2.75) is 13.8 Å². The molecule has 0 radical (unpaired) electrons. The van der Waals surface area contributed by atoms with E-state index in [9.17, 15) is 13.2 Å². The smallest absolute Gasteiger partial charge is 0.245 e. The van der Waals surface area contributed by atoms with Gasteiger partial charge >= 0.3 is 0 Å². The monoisotopic (exact) mass is 400 g/mol. The topological polar surface area (TPSA) is 66.5 Å². The van der Waals surface area contributed by atoms with Crippen molar-refractivity contribution in [1.82, 2.24) is 0 Å². The van der Waals surface area contributed by atoms with E-state index in [1.807, 2.05) is 26.0 Å². The number of rotatable bonds is 5. The van der Waals surface area contributed by atoms with Crippen LogP contribution in [0.3, 0.4) is 0 Å². The Balaban J connectivity index is 2.27. The molecule has 8 heteroatoms. The summed E-state index contributed by atoms with van der Waals surface area (Å²) in [5, 5.41) is 3.25.